The van der Waals surface area contributed by atoms with Gasteiger partial charge in [-0.2, -0.15) is 5.26 Å². The second-order valence-corrected chi connectivity index (χ2v) is 6.24. The van der Waals surface area contributed by atoms with E-state index >= 15 is 0 Å². The van der Waals surface area contributed by atoms with E-state index in [1.807, 2.05) is 24.3 Å². The fourth-order valence-corrected chi connectivity index (χ4v) is 2.82. The molecular formula is C20H15N3O2. The van der Waals surface area contributed by atoms with Crippen molar-refractivity contribution in [3.8, 4) is 22.9 Å². The molecule has 1 fully saturated rings. The lowest BCUT2D eigenvalue weighted by molar-refractivity contribution is -0.117. The summed E-state index contributed by atoms with van der Waals surface area (Å²) < 4.78 is 0. The number of nitrogens with one attached hydrogen (secondary N) is 1. The molecule has 2 aromatic carbocycles. The summed E-state index contributed by atoms with van der Waals surface area (Å²) >= 11 is 0. The molecule has 0 atom stereocenters. The molecule has 122 valence electrons. The Balaban J connectivity index is 1.70. The minimum absolute atomic E-state index is 0.0295. The number of hydrogen-bond acceptors (Lipinski definition) is 4. The number of nitrogens with zero attached hydrogens (tertiary/aromatic N) is 2. The topological polar surface area (TPSA) is 86.0 Å². The zero-order valence-electron chi connectivity index (χ0n) is 13.4. The van der Waals surface area contributed by atoms with Crippen molar-refractivity contribution in [1.82, 2.24) is 4.98 Å². The third kappa shape index (κ3) is 3.02. The van der Waals surface area contributed by atoms with Crippen molar-refractivity contribution in [1.29, 1.82) is 5.26 Å². The molecule has 0 spiro atoms. The summed E-state index contributed by atoms with van der Waals surface area (Å²) in [6.07, 6.45) is 3.61. The predicted octanol–water partition coefficient (Wildman–Crippen LogP) is 3.83. The van der Waals surface area contributed by atoms with Crippen LogP contribution in [0, 0.1) is 17.2 Å². The van der Waals surface area contributed by atoms with Crippen LogP contribution < -0.4 is 5.32 Å². The van der Waals surface area contributed by atoms with Crippen molar-refractivity contribution in [2.75, 3.05) is 5.32 Å². The monoisotopic (exact) mass is 329 g/mol. The Morgan fingerprint density at radius 2 is 2.00 bits per heavy atom. The zero-order valence-corrected chi connectivity index (χ0v) is 13.4. The van der Waals surface area contributed by atoms with E-state index in [2.05, 4.69) is 16.4 Å². The number of carbonyl (C=O) groups excluding carboxylic acids is 1. The van der Waals surface area contributed by atoms with Gasteiger partial charge in [0.25, 0.3) is 0 Å². The van der Waals surface area contributed by atoms with Gasteiger partial charge in [-0.1, -0.05) is 12.1 Å². The number of rotatable bonds is 3. The second-order valence-electron chi connectivity index (χ2n) is 6.24. The van der Waals surface area contributed by atoms with Crippen LogP contribution >= 0.6 is 0 Å². The molecule has 25 heavy (non-hydrogen) atoms. The van der Waals surface area contributed by atoms with Gasteiger partial charge < -0.3 is 10.4 Å². The molecule has 2 N–H and O–H groups in total. The lowest BCUT2D eigenvalue weighted by Crippen LogP contribution is -2.14. The highest BCUT2D eigenvalue weighted by molar-refractivity contribution is 5.96. The number of aromatic nitrogens is 1. The fraction of sp³-hybridized carbons (Fsp3) is 0.150. The van der Waals surface area contributed by atoms with E-state index in [1.54, 1.807) is 18.3 Å². The van der Waals surface area contributed by atoms with Crippen LogP contribution in [0.1, 0.15) is 18.4 Å². The normalized spacial score (nSPS) is 13.4. The third-order valence-corrected chi connectivity index (χ3v) is 4.36. The van der Waals surface area contributed by atoms with Gasteiger partial charge >= 0.3 is 0 Å². The van der Waals surface area contributed by atoms with Gasteiger partial charge in [-0.05, 0) is 54.1 Å². The van der Waals surface area contributed by atoms with Gasteiger partial charge in [0.15, 0.2) is 0 Å². The number of carbonyl (C=O) groups is 1. The highest BCUT2D eigenvalue weighted by Gasteiger charge is 2.29. The van der Waals surface area contributed by atoms with E-state index in [-0.39, 0.29) is 17.6 Å². The molecule has 1 aliphatic rings. The Kier molecular flexibility index (Phi) is 3.58. The summed E-state index contributed by atoms with van der Waals surface area (Å²) in [5.74, 6) is 0.828. The Bertz CT molecular complexity index is 1030. The maximum absolute atomic E-state index is 11.8. The number of amides is 1. The first-order chi connectivity index (χ1) is 12.1. The molecule has 0 radical (unpaired) electrons. The number of fused-ring (bicyclic) bond motifs is 1. The van der Waals surface area contributed by atoms with E-state index in [0.29, 0.717) is 16.9 Å². The number of anilines is 1. The molecule has 0 saturated heterocycles. The van der Waals surface area contributed by atoms with E-state index in [9.17, 15) is 15.2 Å². The quantitative estimate of drug-likeness (QED) is 0.764. The highest BCUT2D eigenvalue weighted by Crippen LogP contribution is 2.32. The second kappa shape index (κ2) is 5.91. The largest absolute Gasteiger partial charge is 0.508 e. The van der Waals surface area contributed by atoms with Crippen LogP contribution in [0.2, 0.25) is 0 Å². The molecule has 5 nitrogen and oxygen atoms in total. The summed E-state index contributed by atoms with van der Waals surface area (Å²) in [4.78, 5) is 16.2. The summed E-state index contributed by atoms with van der Waals surface area (Å²) in [5.41, 5.74) is 2.01. The van der Waals surface area contributed by atoms with Gasteiger partial charge in [0.05, 0.1) is 11.6 Å². The van der Waals surface area contributed by atoms with E-state index in [0.717, 1.165) is 29.2 Å². The molecule has 5 heteroatoms. The van der Waals surface area contributed by atoms with Crippen LogP contribution in [0.5, 0.6) is 5.75 Å². The lowest BCUT2D eigenvalue weighted by Gasteiger charge is -2.08. The van der Waals surface area contributed by atoms with Crippen molar-refractivity contribution in [3.63, 3.8) is 0 Å². The van der Waals surface area contributed by atoms with Crippen molar-refractivity contribution in [2.45, 2.75) is 12.8 Å². The molecule has 0 unspecified atom stereocenters. The minimum atomic E-state index is 0.0295. The van der Waals surface area contributed by atoms with Gasteiger partial charge in [0.2, 0.25) is 5.91 Å². The Morgan fingerprint density at radius 1 is 1.16 bits per heavy atom. The lowest BCUT2D eigenvalue weighted by atomic mass is 9.98. The van der Waals surface area contributed by atoms with Gasteiger partial charge in [0.1, 0.15) is 11.6 Å². The molecule has 1 amide bonds. The van der Waals surface area contributed by atoms with E-state index in [1.165, 1.54) is 6.07 Å². The molecule has 0 bridgehead atoms. The van der Waals surface area contributed by atoms with Crippen LogP contribution in [0.25, 0.3) is 21.9 Å². The van der Waals surface area contributed by atoms with Crippen LogP contribution in [-0.2, 0) is 4.79 Å². The van der Waals surface area contributed by atoms with Crippen LogP contribution in [0.15, 0.2) is 48.7 Å². The first kappa shape index (κ1) is 15.2. The standard InChI is InChI=1S/C20H15N3O2/c21-10-15-5-6-17(24)9-18(15)14-4-3-13-8-19(22-11-16(13)7-14)23-20(25)12-1-2-12/h3-9,11-12,24H,1-2H2,(H,22,23,25). The minimum Gasteiger partial charge on any atom is -0.508 e. The van der Waals surface area contributed by atoms with Crippen molar-refractivity contribution < 1.29 is 9.90 Å². The van der Waals surface area contributed by atoms with Crippen molar-refractivity contribution in [2.24, 2.45) is 5.92 Å². The number of phenols is 1. The number of phenolic OH excluding ortho intramolecular Hbond substituents is 1. The van der Waals surface area contributed by atoms with Crippen LogP contribution in [0.3, 0.4) is 0 Å². The molecule has 3 aromatic rings. The van der Waals surface area contributed by atoms with Gasteiger partial charge in [-0.3, -0.25) is 4.79 Å². The first-order valence-electron chi connectivity index (χ1n) is 8.08. The van der Waals surface area contributed by atoms with Gasteiger partial charge in [-0.15, -0.1) is 0 Å². The molecule has 1 aliphatic carbocycles. The maximum Gasteiger partial charge on any atom is 0.228 e. The number of nitriles is 1. The Morgan fingerprint density at radius 3 is 2.76 bits per heavy atom. The summed E-state index contributed by atoms with van der Waals surface area (Å²) in [6, 6.07) is 14.4. The first-order valence-corrected chi connectivity index (χ1v) is 8.08. The maximum atomic E-state index is 11.8. The molecule has 4 rings (SSSR count). The molecule has 1 saturated carbocycles. The molecule has 1 heterocycles. The van der Waals surface area contributed by atoms with E-state index < -0.39 is 0 Å². The highest BCUT2D eigenvalue weighted by atomic mass is 16.3. The SMILES string of the molecule is N#Cc1ccc(O)cc1-c1ccc2cc(NC(=O)C3CC3)ncc2c1. The summed E-state index contributed by atoms with van der Waals surface area (Å²) in [6.45, 7) is 0. The molecule has 1 aromatic heterocycles. The Hall–Kier alpha value is -3.39. The predicted molar refractivity (Wildman–Crippen MR) is 94.9 cm³/mol. The van der Waals surface area contributed by atoms with Crippen LogP contribution in [0.4, 0.5) is 5.82 Å². The van der Waals surface area contributed by atoms with Crippen LogP contribution in [-0.4, -0.2) is 16.0 Å². The Labute approximate surface area is 144 Å². The third-order valence-electron chi connectivity index (χ3n) is 4.36. The average Bonchev–Trinajstić information content (AvgIpc) is 3.46. The fourth-order valence-electron chi connectivity index (χ4n) is 2.82. The smallest absolute Gasteiger partial charge is 0.228 e. The average molecular weight is 329 g/mol. The van der Waals surface area contributed by atoms with Crippen molar-refractivity contribution in [3.05, 3.63) is 54.2 Å². The van der Waals surface area contributed by atoms with Gasteiger partial charge in [-0.25, -0.2) is 4.98 Å². The summed E-state index contributed by atoms with van der Waals surface area (Å²) in [5, 5.41) is 23.7. The van der Waals surface area contributed by atoms with Crippen molar-refractivity contribution >= 4 is 22.5 Å². The van der Waals surface area contributed by atoms with Gasteiger partial charge in [0, 0.05) is 23.1 Å². The summed E-state index contributed by atoms with van der Waals surface area (Å²) in [7, 11) is 0. The number of pyridine rings is 1. The zero-order chi connectivity index (χ0) is 17.4. The van der Waals surface area contributed by atoms with E-state index in [4.69, 9.17) is 0 Å². The number of benzene rings is 2. The number of aromatic hydroxyl groups is 1. The molecule has 0 aliphatic heterocycles. The number of hydrogen-bond donors (Lipinski definition) is 2. The molecular weight excluding hydrogens is 314 g/mol.